The summed E-state index contributed by atoms with van der Waals surface area (Å²) in [6.45, 7) is 6.36. The molecule has 0 aliphatic heterocycles. The summed E-state index contributed by atoms with van der Waals surface area (Å²) in [7, 11) is 0. The van der Waals surface area contributed by atoms with Crippen LogP contribution < -0.4 is 0 Å². The van der Waals surface area contributed by atoms with Crippen molar-refractivity contribution in [2.24, 2.45) is 5.41 Å². The van der Waals surface area contributed by atoms with Crippen LogP contribution in [0, 0.1) is 5.41 Å². The Morgan fingerprint density at radius 3 is 2.46 bits per heavy atom. The van der Waals surface area contributed by atoms with Gasteiger partial charge in [0.1, 0.15) is 0 Å². The molecule has 0 fully saturated rings. The molecule has 0 aliphatic carbocycles. The van der Waals surface area contributed by atoms with E-state index in [9.17, 15) is 0 Å². The van der Waals surface area contributed by atoms with E-state index in [0.717, 1.165) is 6.42 Å². The Bertz CT molecular complexity index is 196. The van der Waals surface area contributed by atoms with Crippen LogP contribution in [-0.4, -0.2) is 17.6 Å². The summed E-state index contributed by atoms with van der Waals surface area (Å²) in [6.07, 6.45) is 6.71. The van der Waals surface area contributed by atoms with E-state index < -0.39 is 0 Å². The normalized spacial score (nSPS) is 17.8. The van der Waals surface area contributed by atoms with E-state index in [-0.39, 0.29) is 12.0 Å². The number of halogens is 1. The number of rotatable bonds is 5. The number of hydrogen-bond donors (Lipinski definition) is 1. The van der Waals surface area contributed by atoms with Gasteiger partial charge in [-0.05, 0) is 20.3 Å². The van der Waals surface area contributed by atoms with Gasteiger partial charge < -0.3 is 5.11 Å². The molecular weight excluding hydrogens is 184 g/mol. The molecule has 1 nitrogen and oxygen atoms in total. The first-order valence-corrected chi connectivity index (χ1v) is 5.09. The van der Waals surface area contributed by atoms with Crippen LogP contribution in [0.4, 0.5) is 0 Å². The van der Waals surface area contributed by atoms with Crippen LogP contribution in [0.3, 0.4) is 0 Å². The summed E-state index contributed by atoms with van der Waals surface area (Å²) < 4.78 is 0. The zero-order chi connectivity index (χ0) is 10.3. The van der Waals surface area contributed by atoms with Gasteiger partial charge in [-0.2, -0.15) is 0 Å². The van der Waals surface area contributed by atoms with E-state index in [1.807, 2.05) is 13.0 Å². The highest BCUT2D eigenvalue weighted by Crippen LogP contribution is 2.32. The van der Waals surface area contributed by atoms with Gasteiger partial charge in [0.25, 0.3) is 0 Å². The van der Waals surface area contributed by atoms with E-state index in [1.165, 1.54) is 5.57 Å². The van der Waals surface area contributed by atoms with Crippen LogP contribution in [0.1, 0.15) is 27.2 Å². The topological polar surface area (TPSA) is 20.2 Å². The number of allylic oxidation sites excluding steroid dienone is 3. The fourth-order valence-corrected chi connectivity index (χ4v) is 1.41. The molecular formula is C11H19ClO. The minimum atomic E-state index is 0.0297. The van der Waals surface area contributed by atoms with E-state index in [1.54, 1.807) is 6.08 Å². The van der Waals surface area contributed by atoms with E-state index in [4.69, 9.17) is 16.7 Å². The fourth-order valence-electron chi connectivity index (χ4n) is 1.09. The lowest BCUT2D eigenvalue weighted by atomic mass is 9.81. The van der Waals surface area contributed by atoms with Crippen LogP contribution in [0.2, 0.25) is 0 Å². The van der Waals surface area contributed by atoms with Crippen molar-refractivity contribution in [3.8, 4) is 0 Å². The average molecular weight is 203 g/mol. The molecule has 2 heteroatoms. The van der Waals surface area contributed by atoms with Crippen molar-refractivity contribution in [3.63, 3.8) is 0 Å². The third kappa shape index (κ3) is 3.97. The van der Waals surface area contributed by atoms with E-state index >= 15 is 0 Å². The summed E-state index contributed by atoms with van der Waals surface area (Å²) in [5.41, 5.74) is 1.33. The molecule has 0 bridgehead atoms. The molecule has 0 aromatic carbocycles. The lowest BCUT2D eigenvalue weighted by molar-refractivity contribution is 0.341. The first-order chi connectivity index (χ1) is 6.10. The van der Waals surface area contributed by atoms with Crippen molar-refractivity contribution in [1.82, 2.24) is 0 Å². The molecule has 1 atom stereocenters. The predicted octanol–water partition coefficient (Wildman–Crippen LogP) is 3.14. The summed E-state index contributed by atoms with van der Waals surface area (Å²) in [6, 6.07) is 0. The maximum Gasteiger partial charge on any atom is 0.0612 e. The highest BCUT2D eigenvalue weighted by atomic mass is 35.5. The standard InChI is InChI=1S/C11H19ClO/c1-4-10(2)11(3,9-12)7-5-6-8-13/h4-6,13H,7-9H2,1-3H3. The van der Waals surface area contributed by atoms with Crippen LogP contribution in [0.15, 0.2) is 23.8 Å². The molecule has 0 spiro atoms. The van der Waals surface area contributed by atoms with Crippen molar-refractivity contribution in [3.05, 3.63) is 23.8 Å². The zero-order valence-electron chi connectivity index (χ0n) is 8.68. The maximum absolute atomic E-state index is 8.60. The minimum Gasteiger partial charge on any atom is -0.392 e. The molecule has 0 aromatic rings. The number of hydrogen-bond acceptors (Lipinski definition) is 1. The molecule has 0 heterocycles. The van der Waals surface area contributed by atoms with Gasteiger partial charge in [-0.1, -0.05) is 30.7 Å². The van der Waals surface area contributed by atoms with Gasteiger partial charge in [-0.25, -0.2) is 0 Å². The quantitative estimate of drug-likeness (QED) is 0.537. The number of aliphatic hydroxyl groups is 1. The Morgan fingerprint density at radius 2 is 2.08 bits per heavy atom. The van der Waals surface area contributed by atoms with Gasteiger partial charge in [0, 0.05) is 11.3 Å². The molecule has 0 saturated carbocycles. The van der Waals surface area contributed by atoms with Gasteiger partial charge >= 0.3 is 0 Å². The van der Waals surface area contributed by atoms with Crippen LogP contribution in [0.25, 0.3) is 0 Å². The second-order valence-electron chi connectivity index (χ2n) is 3.52. The molecule has 0 radical (unpaired) electrons. The van der Waals surface area contributed by atoms with Crippen molar-refractivity contribution < 1.29 is 5.11 Å². The first kappa shape index (κ1) is 12.7. The van der Waals surface area contributed by atoms with Crippen LogP contribution in [0.5, 0.6) is 0 Å². The molecule has 0 rings (SSSR count). The van der Waals surface area contributed by atoms with Gasteiger partial charge in [0.05, 0.1) is 6.61 Å². The SMILES string of the molecule is CC=C(C)C(C)(CCl)CC=CCO. The third-order valence-corrected chi connectivity index (χ3v) is 3.11. The van der Waals surface area contributed by atoms with Crippen molar-refractivity contribution >= 4 is 11.6 Å². The minimum absolute atomic E-state index is 0.0297. The Hall–Kier alpha value is -0.270. The molecule has 1 unspecified atom stereocenters. The first-order valence-electron chi connectivity index (χ1n) is 4.56. The average Bonchev–Trinajstić information content (AvgIpc) is 2.16. The third-order valence-electron chi connectivity index (χ3n) is 2.52. The second-order valence-corrected chi connectivity index (χ2v) is 3.79. The Labute approximate surface area is 86.1 Å². The number of aliphatic hydroxyl groups excluding tert-OH is 1. The molecule has 13 heavy (non-hydrogen) atoms. The summed E-state index contributed by atoms with van der Waals surface area (Å²) in [4.78, 5) is 0. The van der Waals surface area contributed by atoms with E-state index in [2.05, 4.69) is 19.9 Å². The number of alkyl halides is 1. The lowest BCUT2D eigenvalue weighted by Crippen LogP contribution is -2.19. The summed E-state index contributed by atoms with van der Waals surface area (Å²) in [5, 5.41) is 8.60. The summed E-state index contributed by atoms with van der Waals surface area (Å²) in [5.74, 6) is 0.610. The van der Waals surface area contributed by atoms with Crippen molar-refractivity contribution in [1.29, 1.82) is 0 Å². The highest BCUT2D eigenvalue weighted by Gasteiger charge is 2.22. The highest BCUT2D eigenvalue weighted by molar-refractivity contribution is 6.18. The molecule has 0 amide bonds. The maximum atomic E-state index is 8.60. The molecule has 0 saturated heterocycles. The second kappa shape index (κ2) is 6.22. The zero-order valence-corrected chi connectivity index (χ0v) is 9.43. The van der Waals surface area contributed by atoms with Crippen molar-refractivity contribution in [2.45, 2.75) is 27.2 Å². The van der Waals surface area contributed by atoms with Crippen LogP contribution >= 0.6 is 11.6 Å². The lowest BCUT2D eigenvalue weighted by Gasteiger charge is -2.26. The van der Waals surface area contributed by atoms with Crippen LogP contribution in [-0.2, 0) is 0 Å². The fraction of sp³-hybridized carbons (Fsp3) is 0.636. The van der Waals surface area contributed by atoms with E-state index in [0.29, 0.717) is 5.88 Å². The van der Waals surface area contributed by atoms with Gasteiger partial charge in [0.2, 0.25) is 0 Å². The smallest absolute Gasteiger partial charge is 0.0612 e. The Balaban J connectivity index is 4.37. The van der Waals surface area contributed by atoms with Crippen molar-refractivity contribution in [2.75, 3.05) is 12.5 Å². The Morgan fingerprint density at radius 1 is 1.46 bits per heavy atom. The molecule has 76 valence electrons. The largest absolute Gasteiger partial charge is 0.392 e. The Kier molecular flexibility index (Phi) is 6.10. The predicted molar refractivity (Wildman–Crippen MR) is 59.1 cm³/mol. The summed E-state index contributed by atoms with van der Waals surface area (Å²) >= 11 is 5.92. The molecule has 0 aliphatic rings. The molecule has 1 N–H and O–H groups in total. The van der Waals surface area contributed by atoms with Gasteiger partial charge in [0.15, 0.2) is 0 Å². The van der Waals surface area contributed by atoms with Gasteiger partial charge in [-0.3, -0.25) is 0 Å². The van der Waals surface area contributed by atoms with Gasteiger partial charge in [-0.15, -0.1) is 11.6 Å². The monoisotopic (exact) mass is 202 g/mol. The molecule has 0 aromatic heterocycles.